The molecule has 2 rings (SSSR count). The number of anilines is 1. The van der Waals surface area contributed by atoms with Crippen LogP contribution in [0.4, 0.5) is 5.69 Å². The van der Waals surface area contributed by atoms with Gasteiger partial charge in [0.15, 0.2) is 0 Å². The zero-order valence-electron chi connectivity index (χ0n) is 11.6. The summed E-state index contributed by atoms with van der Waals surface area (Å²) < 4.78 is 0.964. The van der Waals surface area contributed by atoms with Crippen molar-refractivity contribution in [2.45, 2.75) is 13.8 Å². The first kappa shape index (κ1) is 14.4. The number of hydrogen-bond acceptors (Lipinski definition) is 3. The second-order valence-corrected chi connectivity index (χ2v) is 6.37. The second kappa shape index (κ2) is 6.40. The van der Waals surface area contributed by atoms with Crippen LogP contribution < -0.4 is 4.90 Å². The number of nitrogens with zero attached hydrogens (tertiary/aromatic N) is 3. The maximum atomic E-state index is 9.24. The summed E-state index contributed by atoms with van der Waals surface area (Å²) >= 11 is 3.42. The van der Waals surface area contributed by atoms with Gasteiger partial charge in [-0.1, -0.05) is 29.8 Å². The summed E-state index contributed by atoms with van der Waals surface area (Å²) in [5.74, 6) is 0.717. The van der Waals surface area contributed by atoms with Crippen molar-refractivity contribution in [1.29, 1.82) is 5.26 Å². The highest BCUT2D eigenvalue weighted by Gasteiger charge is 2.19. The summed E-state index contributed by atoms with van der Waals surface area (Å²) in [6, 6.07) is 8.24. The minimum Gasteiger partial charge on any atom is -0.368 e. The van der Waals surface area contributed by atoms with Crippen molar-refractivity contribution in [2.75, 3.05) is 37.6 Å². The number of nitriles is 1. The quantitative estimate of drug-likeness (QED) is 0.857. The van der Waals surface area contributed by atoms with Gasteiger partial charge in [-0.15, -0.1) is 0 Å². The number of halogens is 1. The molecule has 0 aromatic heterocycles. The lowest BCUT2D eigenvalue weighted by Crippen LogP contribution is -2.47. The van der Waals surface area contributed by atoms with Gasteiger partial charge in [0.2, 0.25) is 0 Å². The molecule has 0 N–H and O–H groups in total. The van der Waals surface area contributed by atoms with Gasteiger partial charge in [0.05, 0.1) is 11.3 Å². The van der Waals surface area contributed by atoms with E-state index in [0.717, 1.165) is 41.9 Å². The average Bonchev–Trinajstić information content (AvgIpc) is 2.39. The van der Waals surface area contributed by atoms with E-state index in [4.69, 9.17) is 0 Å². The fraction of sp³-hybridized carbons (Fsp3) is 0.533. The molecule has 1 saturated heterocycles. The smallest absolute Gasteiger partial charge is 0.101 e. The standard InChI is InChI=1S/C15H20BrN3/c1-12(2)11-18-5-7-19(8-6-18)15-4-3-14(16)9-13(15)10-17/h3-4,9,12H,5-8,11H2,1-2H3. The molecule has 1 heterocycles. The van der Waals surface area contributed by atoms with Crippen LogP contribution in [-0.2, 0) is 0 Å². The summed E-state index contributed by atoms with van der Waals surface area (Å²) in [5, 5.41) is 9.24. The molecule has 0 spiro atoms. The minimum atomic E-state index is 0.717. The van der Waals surface area contributed by atoms with Crippen molar-refractivity contribution in [3.63, 3.8) is 0 Å². The van der Waals surface area contributed by atoms with E-state index in [-0.39, 0.29) is 0 Å². The lowest BCUT2D eigenvalue weighted by atomic mass is 10.1. The number of hydrogen-bond donors (Lipinski definition) is 0. The molecule has 0 unspecified atom stereocenters. The van der Waals surface area contributed by atoms with Crippen LogP contribution in [0.15, 0.2) is 22.7 Å². The van der Waals surface area contributed by atoms with Gasteiger partial charge in [0, 0.05) is 37.2 Å². The van der Waals surface area contributed by atoms with Crippen molar-refractivity contribution in [3.8, 4) is 6.07 Å². The largest absolute Gasteiger partial charge is 0.368 e. The van der Waals surface area contributed by atoms with Crippen LogP contribution in [0.5, 0.6) is 0 Å². The Morgan fingerprint density at radius 3 is 2.53 bits per heavy atom. The van der Waals surface area contributed by atoms with Crippen LogP contribution >= 0.6 is 15.9 Å². The molecule has 0 atom stereocenters. The molecule has 0 saturated carbocycles. The third kappa shape index (κ3) is 3.71. The third-order valence-electron chi connectivity index (χ3n) is 3.42. The molecule has 1 fully saturated rings. The van der Waals surface area contributed by atoms with E-state index < -0.39 is 0 Å². The second-order valence-electron chi connectivity index (χ2n) is 5.45. The molecular formula is C15H20BrN3. The van der Waals surface area contributed by atoms with Gasteiger partial charge in [-0.2, -0.15) is 5.26 Å². The monoisotopic (exact) mass is 321 g/mol. The van der Waals surface area contributed by atoms with E-state index in [9.17, 15) is 5.26 Å². The predicted molar refractivity (Wildman–Crippen MR) is 82.3 cm³/mol. The van der Waals surface area contributed by atoms with E-state index in [0.29, 0.717) is 5.92 Å². The first-order valence-corrected chi connectivity index (χ1v) is 7.56. The molecule has 19 heavy (non-hydrogen) atoms. The molecule has 0 bridgehead atoms. The number of piperazine rings is 1. The summed E-state index contributed by atoms with van der Waals surface area (Å²) in [5.41, 5.74) is 1.82. The number of benzene rings is 1. The van der Waals surface area contributed by atoms with Crippen LogP contribution in [0.25, 0.3) is 0 Å². The van der Waals surface area contributed by atoms with E-state index in [1.807, 2.05) is 18.2 Å². The van der Waals surface area contributed by atoms with Gasteiger partial charge in [0.1, 0.15) is 6.07 Å². The van der Waals surface area contributed by atoms with Gasteiger partial charge in [0.25, 0.3) is 0 Å². The Bertz CT molecular complexity index is 471. The Morgan fingerprint density at radius 2 is 1.95 bits per heavy atom. The Balaban J connectivity index is 2.04. The van der Waals surface area contributed by atoms with Gasteiger partial charge in [-0.25, -0.2) is 0 Å². The zero-order chi connectivity index (χ0) is 13.8. The van der Waals surface area contributed by atoms with Crippen molar-refractivity contribution < 1.29 is 0 Å². The third-order valence-corrected chi connectivity index (χ3v) is 3.91. The van der Waals surface area contributed by atoms with Gasteiger partial charge in [-0.3, -0.25) is 4.90 Å². The molecule has 1 aromatic rings. The molecule has 4 heteroatoms. The van der Waals surface area contributed by atoms with E-state index >= 15 is 0 Å². The van der Waals surface area contributed by atoms with Crippen molar-refractivity contribution in [3.05, 3.63) is 28.2 Å². The van der Waals surface area contributed by atoms with Gasteiger partial charge in [-0.05, 0) is 24.1 Å². The SMILES string of the molecule is CC(C)CN1CCN(c2ccc(Br)cc2C#N)CC1. The van der Waals surface area contributed by atoms with Crippen molar-refractivity contribution in [1.82, 2.24) is 4.90 Å². The first-order valence-electron chi connectivity index (χ1n) is 6.77. The highest BCUT2D eigenvalue weighted by molar-refractivity contribution is 9.10. The molecule has 102 valence electrons. The normalized spacial score (nSPS) is 16.7. The molecule has 0 amide bonds. The minimum absolute atomic E-state index is 0.717. The van der Waals surface area contributed by atoms with Gasteiger partial charge < -0.3 is 4.90 Å². The highest BCUT2D eigenvalue weighted by atomic mass is 79.9. The summed E-state index contributed by atoms with van der Waals surface area (Å²) in [6.07, 6.45) is 0. The lowest BCUT2D eigenvalue weighted by molar-refractivity contribution is 0.231. The molecule has 1 aliphatic rings. The molecule has 0 aliphatic carbocycles. The average molecular weight is 322 g/mol. The van der Waals surface area contributed by atoms with E-state index in [1.54, 1.807) is 0 Å². The maximum Gasteiger partial charge on any atom is 0.101 e. The topological polar surface area (TPSA) is 30.3 Å². The van der Waals surface area contributed by atoms with Crippen LogP contribution in [0.2, 0.25) is 0 Å². The van der Waals surface area contributed by atoms with Crippen LogP contribution in [0, 0.1) is 17.2 Å². The molecule has 3 nitrogen and oxygen atoms in total. The molecule has 0 radical (unpaired) electrons. The Morgan fingerprint density at radius 1 is 1.26 bits per heavy atom. The Labute approximate surface area is 123 Å². The highest BCUT2D eigenvalue weighted by Crippen LogP contribution is 2.25. The fourth-order valence-corrected chi connectivity index (χ4v) is 2.92. The van der Waals surface area contributed by atoms with Crippen LogP contribution in [0.3, 0.4) is 0 Å². The van der Waals surface area contributed by atoms with Crippen LogP contribution in [0.1, 0.15) is 19.4 Å². The fourth-order valence-electron chi connectivity index (χ4n) is 2.56. The lowest BCUT2D eigenvalue weighted by Gasteiger charge is -2.37. The number of rotatable bonds is 3. The van der Waals surface area contributed by atoms with E-state index in [1.165, 1.54) is 6.54 Å². The van der Waals surface area contributed by atoms with E-state index in [2.05, 4.69) is 45.6 Å². The Kier molecular flexibility index (Phi) is 4.84. The van der Waals surface area contributed by atoms with Crippen LogP contribution in [-0.4, -0.2) is 37.6 Å². The van der Waals surface area contributed by atoms with Crippen molar-refractivity contribution >= 4 is 21.6 Å². The zero-order valence-corrected chi connectivity index (χ0v) is 13.2. The van der Waals surface area contributed by atoms with Gasteiger partial charge >= 0.3 is 0 Å². The first-order chi connectivity index (χ1) is 9.10. The maximum absolute atomic E-state index is 9.24. The Hall–Kier alpha value is -1.05. The predicted octanol–water partition coefficient (Wildman–Crippen LogP) is 3.10. The van der Waals surface area contributed by atoms with Crippen molar-refractivity contribution in [2.24, 2.45) is 5.92 Å². The molecular weight excluding hydrogens is 302 g/mol. The molecule has 1 aliphatic heterocycles. The summed E-state index contributed by atoms with van der Waals surface area (Å²) in [4.78, 5) is 4.83. The summed E-state index contributed by atoms with van der Waals surface area (Å²) in [6.45, 7) is 9.85. The molecule has 1 aromatic carbocycles. The summed E-state index contributed by atoms with van der Waals surface area (Å²) in [7, 11) is 0.